The lowest BCUT2D eigenvalue weighted by Gasteiger charge is -2.22. The fourth-order valence-corrected chi connectivity index (χ4v) is 5.53. The molecule has 0 radical (unpaired) electrons. The number of hydrogen-bond donors (Lipinski definition) is 2. The molecule has 31 heavy (non-hydrogen) atoms. The summed E-state index contributed by atoms with van der Waals surface area (Å²) < 4.78 is 0. The number of fused-ring (bicyclic) bond motifs is 2. The van der Waals surface area contributed by atoms with Gasteiger partial charge in [-0.3, -0.25) is 4.79 Å². The Bertz CT molecular complexity index is 1280. The van der Waals surface area contributed by atoms with Gasteiger partial charge < -0.3 is 10.3 Å². The van der Waals surface area contributed by atoms with E-state index in [9.17, 15) is 4.79 Å². The van der Waals surface area contributed by atoms with Gasteiger partial charge in [-0.1, -0.05) is 48.5 Å². The van der Waals surface area contributed by atoms with Gasteiger partial charge in [0.1, 0.15) is 10.7 Å². The summed E-state index contributed by atoms with van der Waals surface area (Å²) >= 11 is 1.53. The molecule has 0 amide bonds. The first-order valence-electron chi connectivity index (χ1n) is 11.0. The van der Waals surface area contributed by atoms with Gasteiger partial charge in [0.15, 0.2) is 0 Å². The van der Waals surface area contributed by atoms with E-state index in [-0.39, 0.29) is 17.6 Å². The average molecular weight is 430 g/mol. The van der Waals surface area contributed by atoms with Crippen molar-refractivity contribution in [2.24, 2.45) is 0 Å². The van der Waals surface area contributed by atoms with Crippen molar-refractivity contribution in [3.05, 3.63) is 86.8 Å². The van der Waals surface area contributed by atoms with Gasteiger partial charge in [-0.25, -0.2) is 4.98 Å². The Labute approximate surface area is 186 Å². The van der Waals surface area contributed by atoms with E-state index in [2.05, 4.69) is 42.3 Å². The summed E-state index contributed by atoms with van der Waals surface area (Å²) in [4.78, 5) is 21.6. The molecule has 0 saturated carbocycles. The molecule has 0 spiro atoms. The Kier molecular flexibility index (Phi) is 5.47. The third kappa shape index (κ3) is 3.95. The van der Waals surface area contributed by atoms with Gasteiger partial charge in [0.25, 0.3) is 5.56 Å². The van der Waals surface area contributed by atoms with Crippen LogP contribution in [0, 0.1) is 0 Å². The van der Waals surface area contributed by atoms with Crippen LogP contribution in [-0.4, -0.2) is 9.97 Å². The molecule has 4 nitrogen and oxygen atoms in total. The number of H-pyrrole nitrogens is 1. The highest BCUT2D eigenvalue weighted by Crippen LogP contribution is 2.31. The molecule has 2 unspecified atom stereocenters. The number of aromatic nitrogens is 2. The lowest BCUT2D eigenvalue weighted by molar-refractivity contribution is 0.476. The Morgan fingerprint density at radius 2 is 1.77 bits per heavy atom. The minimum absolute atomic E-state index is 0.0644. The molecule has 2 heterocycles. The van der Waals surface area contributed by atoms with Crippen LogP contribution in [0.25, 0.3) is 21.3 Å². The van der Waals surface area contributed by atoms with E-state index >= 15 is 0 Å². The molecular formula is C26H27N3OS. The quantitative estimate of drug-likeness (QED) is 0.413. The number of hydrogen-bond acceptors (Lipinski definition) is 4. The summed E-state index contributed by atoms with van der Waals surface area (Å²) in [5.41, 5.74) is 6.20. The van der Waals surface area contributed by atoms with Gasteiger partial charge in [0.2, 0.25) is 0 Å². The molecule has 5 rings (SSSR count). The normalized spacial score (nSPS) is 15.5. The van der Waals surface area contributed by atoms with E-state index in [4.69, 9.17) is 4.98 Å². The van der Waals surface area contributed by atoms with Crippen LogP contribution >= 0.6 is 11.3 Å². The second kappa shape index (κ2) is 8.40. The van der Waals surface area contributed by atoms with E-state index in [1.165, 1.54) is 53.7 Å². The first kappa shape index (κ1) is 20.2. The largest absolute Gasteiger partial charge is 0.309 e. The number of benzene rings is 2. The van der Waals surface area contributed by atoms with Crippen molar-refractivity contribution in [3.63, 3.8) is 0 Å². The van der Waals surface area contributed by atoms with Gasteiger partial charge in [-0.2, -0.15) is 0 Å². The standard InChI is InChI=1S/C26H27N3OS/c1-16(20-13-12-18-8-6-7-11-21(18)14-20)27-17(2)24-28-25(30)23-22(15-31-26(23)29-24)19-9-4-3-5-10-19/h3-5,9-10,12-17,27H,6-8,11H2,1-2H3,(H,28,29,30). The summed E-state index contributed by atoms with van der Waals surface area (Å²) in [6, 6.07) is 17.0. The minimum Gasteiger partial charge on any atom is -0.309 e. The van der Waals surface area contributed by atoms with Crippen LogP contribution < -0.4 is 10.9 Å². The van der Waals surface area contributed by atoms with E-state index in [0.29, 0.717) is 11.2 Å². The summed E-state index contributed by atoms with van der Waals surface area (Å²) in [5.74, 6) is 0.684. The molecule has 2 aromatic heterocycles. The summed E-state index contributed by atoms with van der Waals surface area (Å²) in [7, 11) is 0. The molecule has 0 bridgehead atoms. The van der Waals surface area contributed by atoms with Crippen LogP contribution in [-0.2, 0) is 12.8 Å². The molecule has 2 atom stereocenters. The molecule has 2 N–H and O–H groups in total. The van der Waals surface area contributed by atoms with Crippen molar-refractivity contribution in [3.8, 4) is 11.1 Å². The molecule has 2 aromatic carbocycles. The van der Waals surface area contributed by atoms with Crippen LogP contribution in [0.2, 0.25) is 0 Å². The zero-order valence-electron chi connectivity index (χ0n) is 17.9. The molecule has 0 aliphatic heterocycles. The van der Waals surface area contributed by atoms with Gasteiger partial charge in [0, 0.05) is 17.0 Å². The number of aryl methyl sites for hydroxylation is 2. The zero-order valence-corrected chi connectivity index (χ0v) is 18.8. The average Bonchev–Trinajstić information content (AvgIpc) is 3.24. The van der Waals surface area contributed by atoms with Crippen LogP contribution in [0.15, 0.2) is 58.7 Å². The van der Waals surface area contributed by atoms with Crippen molar-refractivity contribution in [1.82, 2.24) is 15.3 Å². The second-order valence-corrected chi connectivity index (χ2v) is 9.35. The molecule has 4 aromatic rings. The van der Waals surface area contributed by atoms with Crippen LogP contribution in [0.1, 0.15) is 61.3 Å². The minimum atomic E-state index is -0.0739. The van der Waals surface area contributed by atoms with Gasteiger partial charge in [0.05, 0.1) is 11.4 Å². The maximum absolute atomic E-state index is 13.0. The van der Waals surface area contributed by atoms with E-state index in [1.807, 2.05) is 35.7 Å². The van der Waals surface area contributed by atoms with Gasteiger partial charge in [-0.05, 0) is 61.8 Å². The van der Waals surface area contributed by atoms with Crippen molar-refractivity contribution in [1.29, 1.82) is 0 Å². The third-order valence-electron chi connectivity index (χ3n) is 6.33. The maximum atomic E-state index is 13.0. The molecule has 0 fully saturated rings. The fraction of sp³-hybridized carbons (Fsp3) is 0.308. The summed E-state index contributed by atoms with van der Waals surface area (Å²) in [6.07, 6.45) is 4.96. The van der Waals surface area contributed by atoms with Crippen molar-refractivity contribution in [2.45, 2.75) is 51.6 Å². The Morgan fingerprint density at radius 1 is 1.00 bits per heavy atom. The van der Waals surface area contributed by atoms with Crippen LogP contribution in [0.4, 0.5) is 0 Å². The zero-order chi connectivity index (χ0) is 21.4. The highest BCUT2D eigenvalue weighted by atomic mass is 32.1. The highest BCUT2D eigenvalue weighted by molar-refractivity contribution is 7.17. The first-order valence-corrected chi connectivity index (χ1v) is 11.9. The van der Waals surface area contributed by atoms with Crippen LogP contribution in [0.3, 0.4) is 0 Å². The predicted molar refractivity (Wildman–Crippen MR) is 129 cm³/mol. The Hall–Kier alpha value is -2.76. The Morgan fingerprint density at radius 3 is 2.58 bits per heavy atom. The molecule has 158 valence electrons. The summed E-state index contributed by atoms with van der Waals surface area (Å²) in [6.45, 7) is 4.24. The highest BCUT2D eigenvalue weighted by Gasteiger charge is 2.18. The summed E-state index contributed by atoms with van der Waals surface area (Å²) in [5, 5.41) is 6.33. The van der Waals surface area contributed by atoms with E-state index in [0.717, 1.165) is 16.0 Å². The molecule has 5 heteroatoms. The maximum Gasteiger partial charge on any atom is 0.260 e. The number of nitrogens with one attached hydrogen (secondary N) is 2. The first-order chi connectivity index (χ1) is 15.1. The molecular weight excluding hydrogens is 402 g/mol. The van der Waals surface area contributed by atoms with E-state index in [1.54, 1.807) is 0 Å². The lowest BCUT2D eigenvalue weighted by atomic mass is 9.89. The van der Waals surface area contributed by atoms with Crippen molar-refractivity contribution in [2.75, 3.05) is 0 Å². The molecule has 1 aliphatic rings. The lowest BCUT2D eigenvalue weighted by Crippen LogP contribution is -2.26. The molecule has 0 saturated heterocycles. The molecule has 1 aliphatic carbocycles. The fourth-order valence-electron chi connectivity index (χ4n) is 4.57. The monoisotopic (exact) mass is 429 g/mol. The second-order valence-electron chi connectivity index (χ2n) is 8.49. The SMILES string of the molecule is CC(NC(C)c1nc2scc(-c3ccccc3)c2c(=O)[nH]1)c1ccc2c(c1)CCCC2. The Balaban J connectivity index is 1.40. The number of rotatable bonds is 5. The number of thiophene rings is 1. The van der Waals surface area contributed by atoms with Crippen molar-refractivity contribution < 1.29 is 0 Å². The number of nitrogens with zero attached hydrogens (tertiary/aromatic N) is 1. The topological polar surface area (TPSA) is 57.8 Å². The van der Waals surface area contributed by atoms with E-state index < -0.39 is 0 Å². The third-order valence-corrected chi connectivity index (χ3v) is 7.20. The van der Waals surface area contributed by atoms with Gasteiger partial charge >= 0.3 is 0 Å². The van der Waals surface area contributed by atoms with Gasteiger partial charge in [-0.15, -0.1) is 11.3 Å². The van der Waals surface area contributed by atoms with Crippen molar-refractivity contribution >= 4 is 21.6 Å². The smallest absolute Gasteiger partial charge is 0.260 e. The van der Waals surface area contributed by atoms with Crippen LogP contribution in [0.5, 0.6) is 0 Å². The number of aromatic amines is 1. The predicted octanol–water partition coefficient (Wildman–Crippen LogP) is 5.94.